The van der Waals surface area contributed by atoms with E-state index < -0.39 is 24.1 Å². The minimum absolute atomic E-state index is 0. The second kappa shape index (κ2) is 9.47. The number of carboxylic acids is 1. The number of Topliss-reactive ketones (excluding diaryl/α,β-unsaturated/α-hetero) is 1. The van der Waals surface area contributed by atoms with E-state index in [4.69, 9.17) is 0 Å². The fraction of sp³-hybridized carbons (Fsp3) is 0.130. The molecule has 6 heteroatoms. The zero-order valence-corrected chi connectivity index (χ0v) is 16.2. The van der Waals surface area contributed by atoms with Gasteiger partial charge in [0.15, 0.2) is 11.4 Å². The number of rotatable bonds is 7. The molecule has 2 atom stereocenters. The van der Waals surface area contributed by atoms with Crippen LogP contribution in [0.3, 0.4) is 0 Å². The lowest BCUT2D eigenvalue weighted by Gasteiger charge is -2.30. The van der Waals surface area contributed by atoms with Crippen LogP contribution in [0.1, 0.15) is 33.0 Å². The van der Waals surface area contributed by atoms with Gasteiger partial charge in [0.05, 0.1) is 18.5 Å². The Balaban J connectivity index is 0.00000300. The highest BCUT2D eigenvalue weighted by molar-refractivity contribution is 6.01. The lowest BCUT2D eigenvalue weighted by atomic mass is 9.84. The SMILES string of the molecule is Cl.O=C(c1cccc(C(O)(C(=O)[O-])c2ccccc2)c1)C(CO)c1ccccc1. The molecule has 150 valence electrons. The third-order valence-electron chi connectivity index (χ3n) is 4.75. The Morgan fingerprint density at radius 2 is 1.41 bits per heavy atom. The Hall–Kier alpha value is -2.99. The number of benzene rings is 3. The van der Waals surface area contributed by atoms with E-state index >= 15 is 0 Å². The van der Waals surface area contributed by atoms with Crippen LogP contribution in [0.5, 0.6) is 0 Å². The second-order valence-corrected chi connectivity index (χ2v) is 6.45. The molecule has 0 heterocycles. The molecule has 3 aromatic rings. The minimum atomic E-state index is -2.40. The Morgan fingerprint density at radius 3 is 1.97 bits per heavy atom. The van der Waals surface area contributed by atoms with Gasteiger partial charge < -0.3 is 20.1 Å². The first kappa shape index (κ1) is 22.3. The van der Waals surface area contributed by atoms with Crippen molar-refractivity contribution in [2.75, 3.05) is 6.61 Å². The standard InChI is InChI=1S/C23H20O5.ClH/c24-15-20(16-8-3-1-4-9-16)21(25)17-10-7-13-19(14-17)23(28,22(26)27)18-11-5-2-6-12-18;/h1-14,20,24,28H,15H2,(H,26,27);1H/p-1. The number of aliphatic carboxylic acids is 1. The van der Waals surface area contributed by atoms with Gasteiger partial charge >= 0.3 is 0 Å². The number of hydrogen-bond acceptors (Lipinski definition) is 5. The lowest BCUT2D eigenvalue weighted by Crippen LogP contribution is -2.46. The molecule has 2 unspecified atom stereocenters. The van der Waals surface area contributed by atoms with E-state index in [2.05, 4.69) is 0 Å². The molecule has 0 radical (unpaired) electrons. The number of halogens is 1. The first-order valence-electron chi connectivity index (χ1n) is 8.78. The van der Waals surface area contributed by atoms with Crippen LogP contribution < -0.4 is 5.11 Å². The normalized spacial score (nSPS) is 13.6. The van der Waals surface area contributed by atoms with Gasteiger partial charge in [0, 0.05) is 5.56 Å². The summed E-state index contributed by atoms with van der Waals surface area (Å²) < 4.78 is 0. The van der Waals surface area contributed by atoms with E-state index in [1.54, 1.807) is 42.5 Å². The Kier molecular flexibility index (Phi) is 7.29. The third kappa shape index (κ3) is 4.38. The number of aliphatic hydroxyl groups is 2. The van der Waals surface area contributed by atoms with E-state index in [1.807, 2.05) is 6.07 Å². The summed E-state index contributed by atoms with van der Waals surface area (Å²) in [6, 6.07) is 22.5. The van der Waals surface area contributed by atoms with Crippen molar-refractivity contribution in [2.45, 2.75) is 11.5 Å². The van der Waals surface area contributed by atoms with Gasteiger partial charge in [-0.05, 0) is 22.8 Å². The van der Waals surface area contributed by atoms with Crippen LogP contribution >= 0.6 is 12.4 Å². The maximum atomic E-state index is 13.0. The molecule has 0 spiro atoms. The van der Waals surface area contributed by atoms with Gasteiger partial charge in [-0.2, -0.15) is 0 Å². The van der Waals surface area contributed by atoms with E-state index in [0.717, 1.165) is 0 Å². The van der Waals surface area contributed by atoms with Crippen LogP contribution in [0.4, 0.5) is 0 Å². The van der Waals surface area contributed by atoms with E-state index in [1.165, 1.54) is 36.4 Å². The topological polar surface area (TPSA) is 97.7 Å². The smallest absolute Gasteiger partial charge is 0.172 e. The van der Waals surface area contributed by atoms with Crippen molar-refractivity contribution in [2.24, 2.45) is 0 Å². The van der Waals surface area contributed by atoms with Gasteiger partial charge in [0.1, 0.15) is 0 Å². The van der Waals surface area contributed by atoms with Crippen molar-refractivity contribution in [1.29, 1.82) is 0 Å². The molecule has 0 amide bonds. The highest BCUT2D eigenvalue weighted by Crippen LogP contribution is 2.31. The average molecular weight is 412 g/mol. The molecule has 0 aliphatic rings. The van der Waals surface area contributed by atoms with Crippen LogP contribution in [-0.2, 0) is 10.4 Å². The monoisotopic (exact) mass is 411 g/mol. The summed E-state index contributed by atoms with van der Waals surface area (Å²) >= 11 is 0. The molecule has 3 rings (SSSR count). The molecule has 0 saturated heterocycles. The molecule has 0 aliphatic heterocycles. The molecule has 0 aliphatic carbocycles. The average Bonchev–Trinajstić information content (AvgIpc) is 2.75. The highest BCUT2D eigenvalue weighted by atomic mass is 35.5. The van der Waals surface area contributed by atoms with Crippen molar-refractivity contribution in [3.63, 3.8) is 0 Å². The fourth-order valence-electron chi connectivity index (χ4n) is 3.21. The predicted molar refractivity (Wildman–Crippen MR) is 109 cm³/mol. The number of hydrogen-bond donors (Lipinski definition) is 2. The van der Waals surface area contributed by atoms with Gasteiger partial charge in [0.25, 0.3) is 0 Å². The molecule has 2 N–H and O–H groups in total. The largest absolute Gasteiger partial charge is 0.546 e. The number of ketones is 1. The number of carbonyl (C=O) groups is 2. The molecule has 29 heavy (non-hydrogen) atoms. The molecule has 0 saturated carbocycles. The lowest BCUT2D eigenvalue weighted by molar-refractivity contribution is -0.322. The van der Waals surface area contributed by atoms with Crippen molar-refractivity contribution < 1.29 is 24.9 Å². The summed E-state index contributed by atoms with van der Waals surface area (Å²) in [7, 11) is 0. The van der Waals surface area contributed by atoms with Crippen molar-refractivity contribution in [3.05, 3.63) is 107 Å². The van der Waals surface area contributed by atoms with Gasteiger partial charge in [-0.15, -0.1) is 12.4 Å². The van der Waals surface area contributed by atoms with Crippen molar-refractivity contribution in [3.8, 4) is 0 Å². The third-order valence-corrected chi connectivity index (χ3v) is 4.75. The zero-order valence-electron chi connectivity index (χ0n) is 15.4. The highest BCUT2D eigenvalue weighted by Gasteiger charge is 2.34. The molecule has 0 bridgehead atoms. The van der Waals surface area contributed by atoms with Crippen LogP contribution in [0.15, 0.2) is 84.9 Å². The van der Waals surface area contributed by atoms with Crippen LogP contribution in [0.2, 0.25) is 0 Å². The first-order chi connectivity index (χ1) is 13.5. The van der Waals surface area contributed by atoms with Crippen molar-refractivity contribution >= 4 is 24.2 Å². The Morgan fingerprint density at radius 1 is 0.862 bits per heavy atom. The molecule has 0 aromatic heterocycles. The maximum Gasteiger partial charge on any atom is 0.172 e. The molecular weight excluding hydrogens is 392 g/mol. The minimum Gasteiger partial charge on any atom is -0.546 e. The summed E-state index contributed by atoms with van der Waals surface area (Å²) in [5.41, 5.74) is -1.43. The van der Waals surface area contributed by atoms with Gasteiger partial charge in [-0.3, -0.25) is 4.79 Å². The van der Waals surface area contributed by atoms with E-state index in [9.17, 15) is 24.9 Å². The van der Waals surface area contributed by atoms with Gasteiger partial charge in [-0.25, -0.2) is 0 Å². The molecule has 0 fully saturated rings. The van der Waals surface area contributed by atoms with Gasteiger partial charge in [-0.1, -0.05) is 78.9 Å². The summed E-state index contributed by atoms with van der Waals surface area (Å²) in [5.74, 6) is -2.85. The summed E-state index contributed by atoms with van der Waals surface area (Å²) in [6.07, 6.45) is 0. The van der Waals surface area contributed by atoms with E-state index in [0.29, 0.717) is 5.56 Å². The molecule has 5 nitrogen and oxygen atoms in total. The zero-order chi connectivity index (χ0) is 20.1. The Bertz CT molecular complexity index is 975. The predicted octanol–water partition coefficient (Wildman–Crippen LogP) is 2.05. The van der Waals surface area contributed by atoms with Crippen LogP contribution in [-0.4, -0.2) is 28.6 Å². The summed E-state index contributed by atoms with van der Waals surface area (Å²) in [5, 5.41) is 32.5. The second-order valence-electron chi connectivity index (χ2n) is 6.45. The maximum absolute atomic E-state index is 13.0. The number of carboxylic acid groups (broad SMARTS) is 1. The Labute approximate surface area is 174 Å². The first-order valence-corrected chi connectivity index (χ1v) is 8.78. The van der Waals surface area contributed by atoms with Crippen LogP contribution in [0.25, 0.3) is 0 Å². The quantitative estimate of drug-likeness (QED) is 0.580. The van der Waals surface area contributed by atoms with E-state index in [-0.39, 0.29) is 34.9 Å². The van der Waals surface area contributed by atoms with Crippen LogP contribution in [0, 0.1) is 0 Å². The molecular formula is C23H20ClO5-. The fourth-order valence-corrected chi connectivity index (χ4v) is 3.21. The number of aliphatic hydroxyl groups excluding tert-OH is 1. The molecule has 3 aromatic carbocycles. The van der Waals surface area contributed by atoms with Gasteiger partial charge in [0.2, 0.25) is 0 Å². The van der Waals surface area contributed by atoms with Crippen molar-refractivity contribution in [1.82, 2.24) is 0 Å². The number of carbonyl (C=O) groups excluding carboxylic acids is 2. The summed E-state index contributed by atoms with van der Waals surface area (Å²) in [6.45, 7) is -0.392. The summed E-state index contributed by atoms with van der Waals surface area (Å²) in [4.78, 5) is 24.8.